The number of esters is 1. The van der Waals surface area contributed by atoms with E-state index in [0.29, 0.717) is 36.4 Å². The molecule has 1 heterocycles. The quantitative estimate of drug-likeness (QED) is 0.815. The number of rotatable bonds is 5. The van der Waals surface area contributed by atoms with Crippen LogP contribution in [0.15, 0.2) is 36.4 Å². The maximum Gasteiger partial charge on any atom is 0.312 e. The average molecular weight is 373 g/mol. The molecule has 144 valence electrons. The molecule has 2 aromatic carbocycles. The third-order valence-corrected chi connectivity index (χ3v) is 4.94. The molecule has 0 bridgehead atoms. The Kier molecular flexibility index (Phi) is 6.08. The minimum atomic E-state index is -0.532. The zero-order valence-corrected chi connectivity index (χ0v) is 15.6. The number of hydrogen-bond donors (Lipinski definition) is 1. The lowest BCUT2D eigenvalue weighted by atomic mass is 9.96. The summed E-state index contributed by atoms with van der Waals surface area (Å²) >= 11 is 0. The molecule has 27 heavy (non-hydrogen) atoms. The molecule has 1 unspecified atom stereocenters. The Morgan fingerprint density at radius 2 is 2.00 bits per heavy atom. The van der Waals surface area contributed by atoms with E-state index in [1.54, 1.807) is 31.2 Å². The highest BCUT2D eigenvalue weighted by atomic mass is 19.1. The van der Waals surface area contributed by atoms with Crippen LogP contribution in [0.5, 0.6) is 5.75 Å². The smallest absolute Gasteiger partial charge is 0.312 e. The van der Waals surface area contributed by atoms with Gasteiger partial charge >= 0.3 is 5.97 Å². The van der Waals surface area contributed by atoms with E-state index in [1.165, 1.54) is 13.2 Å². The molecule has 1 saturated heterocycles. The maximum atomic E-state index is 14.7. The molecule has 0 aliphatic carbocycles. The second-order valence-electron chi connectivity index (χ2n) is 6.72. The zero-order chi connectivity index (χ0) is 19.4. The van der Waals surface area contributed by atoms with Crippen molar-refractivity contribution in [1.29, 1.82) is 0 Å². The number of carbonyl (C=O) groups excluding carboxylic acids is 1. The van der Waals surface area contributed by atoms with Gasteiger partial charge in [0.2, 0.25) is 0 Å². The third-order valence-electron chi connectivity index (χ3n) is 4.94. The van der Waals surface area contributed by atoms with Crippen molar-refractivity contribution in [2.75, 3.05) is 33.4 Å². The van der Waals surface area contributed by atoms with Gasteiger partial charge < -0.3 is 14.6 Å². The number of phenols is 1. The Balaban J connectivity index is 1.85. The summed E-state index contributed by atoms with van der Waals surface area (Å²) in [5.41, 5.74) is 2.43. The molecule has 0 amide bonds. The van der Waals surface area contributed by atoms with Gasteiger partial charge in [-0.1, -0.05) is 18.2 Å². The Hall–Kier alpha value is -2.44. The van der Waals surface area contributed by atoms with Gasteiger partial charge in [-0.3, -0.25) is 9.69 Å². The van der Waals surface area contributed by atoms with Crippen molar-refractivity contribution in [2.45, 2.75) is 19.4 Å². The van der Waals surface area contributed by atoms with Crippen LogP contribution in [0.2, 0.25) is 0 Å². The first-order valence-electron chi connectivity index (χ1n) is 8.99. The molecular formula is C21H24FNO4. The number of hydrogen-bond acceptors (Lipinski definition) is 5. The van der Waals surface area contributed by atoms with Crippen LogP contribution in [-0.2, 0) is 20.8 Å². The summed E-state index contributed by atoms with van der Waals surface area (Å²) in [4.78, 5) is 13.9. The molecular weight excluding hydrogens is 349 g/mol. The van der Waals surface area contributed by atoms with Crippen LogP contribution in [0.25, 0.3) is 11.1 Å². The molecule has 1 aliphatic rings. The van der Waals surface area contributed by atoms with E-state index in [0.717, 1.165) is 18.7 Å². The molecule has 3 rings (SSSR count). The molecule has 1 N–H and O–H groups in total. The summed E-state index contributed by atoms with van der Waals surface area (Å²) in [6, 6.07) is 9.86. The molecule has 1 aliphatic heterocycles. The van der Waals surface area contributed by atoms with Crippen LogP contribution >= 0.6 is 0 Å². The van der Waals surface area contributed by atoms with E-state index in [-0.39, 0.29) is 5.75 Å². The van der Waals surface area contributed by atoms with E-state index in [1.807, 2.05) is 6.07 Å². The first-order chi connectivity index (χ1) is 13.0. The number of ether oxygens (including phenoxy) is 2. The molecule has 0 aromatic heterocycles. The van der Waals surface area contributed by atoms with E-state index >= 15 is 0 Å². The van der Waals surface area contributed by atoms with Gasteiger partial charge in [0, 0.05) is 30.8 Å². The number of nitrogens with zero attached hydrogens (tertiary/aromatic N) is 1. The first kappa shape index (κ1) is 19.3. The fourth-order valence-corrected chi connectivity index (χ4v) is 3.23. The summed E-state index contributed by atoms with van der Waals surface area (Å²) in [5.74, 6) is -1.15. The number of benzene rings is 2. The highest BCUT2D eigenvalue weighted by Crippen LogP contribution is 2.30. The fraction of sp³-hybridized carbons (Fsp3) is 0.381. The second kappa shape index (κ2) is 8.50. The molecule has 6 heteroatoms. The SMILES string of the molecule is COC(=O)C(C)c1ccc(-c2ccc(O)c(CN3CCOCC3)c2)c(F)c1. The van der Waals surface area contributed by atoms with E-state index in [2.05, 4.69) is 4.90 Å². The highest BCUT2D eigenvalue weighted by Gasteiger charge is 2.18. The van der Waals surface area contributed by atoms with Gasteiger partial charge in [-0.25, -0.2) is 4.39 Å². The normalized spacial score (nSPS) is 16.1. The Labute approximate surface area is 158 Å². The fourth-order valence-electron chi connectivity index (χ4n) is 3.23. The van der Waals surface area contributed by atoms with Crippen molar-refractivity contribution in [2.24, 2.45) is 0 Å². The van der Waals surface area contributed by atoms with Gasteiger partial charge in [-0.05, 0) is 36.2 Å². The van der Waals surface area contributed by atoms with Crippen LogP contribution in [0.3, 0.4) is 0 Å². The topological polar surface area (TPSA) is 59.0 Å². The maximum absolute atomic E-state index is 14.7. The van der Waals surface area contributed by atoms with Gasteiger partial charge in [0.15, 0.2) is 0 Å². The van der Waals surface area contributed by atoms with Crippen LogP contribution in [-0.4, -0.2) is 49.4 Å². The Bertz CT molecular complexity index is 818. The molecule has 5 nitrogen and oxygen atoms in total. The lowest BCUT2D eigenvalue weighted by Gasteiger charge is -2.27. The average Bonchev–Trinajstić information content (AvgIpc) is 2.69. The number of morpholine rings is 1. The van der Waals surface area contributed by atoms with E-state index in [9.17, 15) is 14.3 Å². The van der Waals surface area contributed by atoms with Crippen molar-refractivity contribution in [3.63, 3.8) is 0 Å². The minimum absolute atomic E-state index is 0.196. The van der Waals surface area contributed by atoms with Gasteiger partial charge in [0.1, 0.15) is 11.6 Å². The number of carbonyl (C=O) groups is 1. The first-order valence-corrected chi connectivity index (χ1v) is 8.99. The van der Waals surface area contributed by atoms with Gasteiger partial charge in [-0.15, -0.1) is 0 Å². The second-order valence-corrected chi connectivity index (χ2v) is 6.72. The predicted octanol–water partition coefficient (Wildman–Crippen LogP) is 3.31. The van der Waals surface area contributed by atoms with Gasteiger partial charge in [-0.2, -0.15) is 0 Å². The molecule has 1 atom stereocenters. The number of aromatic hydroxyl groups is 1. The number of halogens is 1. The monoisotopic (exact) mass is 373 g/mol. The van der Waals surface area contributed by atoms with Crippen LogP contribution < -0.4 is 0 Å². The third kappa shape index (κ3) is 4.46. The highest BCUT2D eigenvalue weighted by molar-refractivity contribution is 5.78. The predicted molar refractivity (Wildman–Crippen MR) is 100 cm³/mol. The largest absolute Gasteiger partial charge is 0.508 e. The van der Waals surface area contributed by atoms with Crippen LogP contribution in [0.4, 0.5) is 4.39 Å². The van der Waals surface area contributed by atoms with Crippen LogP contribution in [0.1, 0.15) is 24.0 Å². The lowest BCUT2D eigenvalue weighted by Crippen LogP contribution is -2.35. The summed E-state index contributed by atoms with van der Waals surface area (Å²) in [6.07, 6.45) is 0. The zero-order valence-electron chi connectivity index (χ0n) is 15.6. The van der Waals surface area contributed by atoms with E-state index in [4.69, 9.17) is 9.47 Å². The van der Waals surface area contributed by atoms with Crippen molar-refractivity contribution in [3.05, 3.63) is 53.3 Å². The summed E-state index contributed by atoms with van der Waals surface area (Å²) < 4.78 is 24.8. The summed E-state index contributed by atoms with van der Waals surface area (Å²) in [7, 11) is 1.32. The number of methoxy groups -OCH3 is 1. The van der Waals surface area contributed by atoms with Crippen molar-refractivity contribution < 1.29 is 23.8 Å². The van der Waals surface area contributed by atoms with Gasteiger partial charge in [0.25, 0.3) is 0 Å². The molecule has 0 spiro atoms. The molecule has 0 saturated carbocycles. The Morgan fingerprint density at radius 3 is 2.67 bits per heavy atom. The minimum Gasteiger partial charge on any atom is -0.508 e. The van der Waals surface area contributed by atoms with Crippen LogP contribution in [0, 0.1) is 5.82 Å². The van der Waals surface area contributed by atoms with Crippen molar-refractivity contribution in [1.82, 2.24) is 4.90 Å². The lowest BCUT2D eigenvalue weighted by molar-refractivity contribution is -0.141. The Morgan fingerprint density at radius 1 is 1.26 bits per heavy atom. The van der Waals surface area contributed by atoms with E-state index < -0.39 is 17.7 Å². The standard InChI is InChI=1S/C21H24FNO4/c1-14(21(25)26-2)15-3-5-18(19(22)12-15)16-4-6-20(24)17(11-16)13-23-7-9-27-10-8-23/h3-6,11-12,14,24H,7-10,13H2,1-2H3. The molecule has 2 aromatic rings. The van der Waals surface area contributed by atoms with Crippen molar-refractivity contribution in [3.8, 4) is 16.9 Å². The summed E-state index contributed by atoms with van der Waals surface area (Å²) in [5, 5.41) is 10.2. The molecule has 1 fully saturated rings. The number of phenolic OH excluding ortho intramolecular Hbond substituents is 1. The van der Waals surface area contributed by atoms with Gasteiger partial charge in [0.05, 0.1) is 26.2 Å². The van der Waals surface area contributed by atoms with Crippen molar-refractivity contribution >= 4 is 5.97 Å². The summed E-state index contributed by atoms with van der Waals surface area (Å²) in [6.45, 7) is 5.23. The molecule has 0 radical (unpaired) electrons.